The number of pyridine rings is 1. The summed E-state index contributed by atoms with van der Waals surface area (Å²) in [5.74, 6) is 0.0672. The van der Waals surface area contributed by atoms with Crippen LogP contribution in [0, 0.1) is 0 Å². The van der Waals surface area contributed by atoms with Gasteiger partial charge in [-0.15, -0.1) is 0 Å². The van der Waals surface area contributed by atoms with E-state index in [0.29, 0.717) is 23.7 Å². The minimum Gasteiger partial charge on any atom is -0.348 e. The Morgan fingerprint density at radius 3 is 3.04 bits per heavy atom. The molecule has 0 aliphatic carbocycles. The third-order valence-electron chi connectivity index (χ3n) is 4.84. The van der Waals surface area contributed by atoms with Gasteiger partial charge < -0.3 is 9.88 Å². The van der Waals surface area contributed by atoms with Gasteiger partial charge in [-0.25, -0.2) is 19.2 Å². The van der Waals surface area contributed by atoms with Gasteiger partial charge >= 0.3 is 0 Å². The van der Waals surface area contributed by atoms with Crippen LogP contribution in [-0.2, 0) is 13.5 Å². The number of aromatic amines is 1. The lowest BCUT2D eigenvalue weighted by atomic mass is 9.99. The molecule has 1 aliphatic heterocycles. The zero-order valence-corrected chi connectivity index (χ0v) is 15.1. The van der Waals surface area contributed by atoms with E-state index in [2.05, 4.69) is 25.1 Å². The average molecular weight is 383 g/mol. The molecular weight excluding hydrogens is 368 g/mol. The quantitative estimate of drug-likeness (QED) is 0.568. The monoisotopic (exact) mass is 382 g/mol. The number of H-pyrrole nitrogens is 1. The second-order valence-electron chi connectivity index (χ2n) is 6.38. The van der Waals surface area contributed by atoms with Crippen LogP contribution >= 0.6 is 11.6 Å². The minimum atomic E-state index is -0.430. The molecule has 5 heterocycles. The maximum Gasteiger partial charge on any atom is 0.292 e. The topological polar surface area (TPSA) is 97.0 Å². The summed E-state index contributed by atoms with van der Waals surface area (Å²) < 4.78 is 3.18. The molecule has 1 atom stereocenters. The van der Waals surface area contributed by atoms with E-state index in [-0.39, 0.29) is 11.7 Å². The van der Waals surface area contributed by atoms with Gasteiger partial charge in [0.05, 0.1) is 28.3 Å². The third kappa shape index (κ3) is 2.42. The van der Waals surface area contributed by atoms with Crippen molar-refractivity contribution in [2.75, 3.05) is 6.54 Å². The second kappa shape index (κ2) is 5.92. The number of fused-ring (bicyclic) bond motifs is 2. The number of hydrogen-bond acceptors (Lipinski definition) is 5. The predicted molar refractivity (Wildman–Crippen MR) is 96.4 cm³/mol. The van der Waals surface area contributed by atoms with E-state index in [0.717, 1.165) is 16.9 Å². The molecule has 10 heteroatoms. The van der Waals surface area contributed by atoms with E-state index in [4.69, 9.17) is 11.6 Å². The van der Waals surface area contributed by atoms with E-state index in [9.17, 15) is 4.79 Å². The number of rotatable bonds is 2. The van der Waals surface area contributed by atoms with Crippen molar-refractivity contribution in [3.63, 3.8) is 0 Å². The highest BCUT2D eigenvalue weighted by Gasteiger charge is 2.37. The van der Waals surface area contributed by atoms with E-state index in [1.165, 1.54) is 11.0 Å². The van der Waals surface area contributed by atoms with Crippen LogP contribution in [0.3, 0.4) is 0 Å². The van der Waals surface area contributed by atoms with Crippen LogP contribution in [0.25, 0.3) is 5.52 Å². The normalized spacial score (nSPS) is 16.7. The lowest BCUT2D eigenvalue weighted by Crippen LogP contribution is -2.42. The van der Waals surface area contributed by atoms with Crippen molar-refractivity contribution >= 4 is 23.0 Å². The molecule has 9 nitrogen and oxygen atoms in total. The highest BCUT2D eigenvalue weighted by Crippen LogP contribution is 2.34. The second-order valence-corrected chi connectivity index (χ2v) is 6.79. The van der Waals surface area contributed by atoms with E-state index in [1.807, 2.05) is 24.4 Å². The Balaban J connectivity index is 1.66. The summed E-state index contributed by atoms with van der Waals surface area (Å²) in [6, 6.07) is 5.11. The molecule has 4 aromatic rings. The van der Waals surface area contributed by atoms with Crippen molar-refractivity contribution < 1.29 is 4.79 Å². The lowest BCUT2D eigenvalue weighted by Gasteiger charge is -2.33. The first-order valence-corrected chi connectivity index (χ1v) is 8.82. The van der Waals surface area contributed by atoms with Gasteiger partial charge in [-0.3, -0.25) is 4.79 Å². The zero-order valence-electron chi connectivity index (χ0n) is 14.4. The Morgan fingerprint density at radius 1 is 1.37 bits per heavy atom. The summed E-state index contributed by atoms with van der Waals surface area (Å²) in [5, 5.41) is 9.26. The number of nitrogens with one attached hydrogen (secondary N) is 1. The summed E-state index contributed by atoms with van der Waals surface area (Å²) in [6.07, 6.45) is 5.53. The van der Waals surface area contributed by atoms with Gasteiger partial charge in [0.15, 0.2) is 0 Å². The molecule has 0 spiro atoms. The summed E-state index contributed by atoms with van der Waals surface area (Å²) in [5.41, 5.74) is 3.27. The molecule has 5 rings (SSSR count). The maximum absolute atomic E-state index is 13.2. The van der Waals surface area contributed by atoms with E-state index >= 15 is 0 Å². The molecule has 1 unspecified atom stereocenters. The number of nitrogens with zero attached hydrogens (tertiary/aromatic N) is 7. The van der Waals surface area contributed by atoms with Crippen molar-refractivity contribution in [1.82, 2.24) is 39.2 Å². The number of aromatic nitrogens is 7. The molecule has 0 fully saturated rings. The Kier molecular flexibility index (Phi) is 3.51. The summed E-state index contributed by atoms with van der Waals surface area (Å²) in [7, 11) is 1.70. The van der Waals surface area contributed by atoms with Crippen molar-refractivity contribution in [2.45, 2.75) is 12.5 Å². The first kappa shape index (κ1) is 16.0. The first-order chi connectivity index (χ1) is 13.1. The summed E-state index contributed by atoms with van der Waals surface area (Å²) >= 11 is 6.30. The Hall–Kier alpha value is -3.20. The zero-order chi connectivity index (χ0) is 18.5. The van der Waals surface area contributed by atoms with Crippen LogP contribution in [-0.4, -0.2) is 51.7 Å². The van der Waals surface area contributed by atoms with Crippen molar-refractivity contribution in [3.8, 4) is 0 Å². The number of carbonyl (C=O) groups excluding carboxylic acids is 1. The molecule has 27 heavy (non-hydrogen) atoms. The number of imidazole rings is 1. The number of halogens is 1. The molecule has 0 aromatic carbocycles. The fourth-order valence-corrected chi connectivity index (χ4v) is 3.76. The Bertz CT molecular complexity index is 1160. The molecule has 1 amide bonds. The van der Waals surface area contributed by atoms with Gasteiger partial charge in [0, 0.05) is 31.9 Å². The van der Waals surface area contributed by atoms with Gasteiger partial charge in [0.2, 0.25) is 5.82 Å². The SMILES string of the molecule is Cn1ncnc1C(=O)N1CCc2[nH]cnc2C1c1cc2c(Cl)cccn2n1. The molecule has 1 N–H and O–H groups in total. The predicted octanol–water partition coefficient (Wildman–Crippen LogP) is 1.63. The third-order valence-corrected chi connectivity index (χ3v) is 5.16. The molecule has 0 saturated heterocycles. The number of carbonyl (C=O) groups is 1. The molecule has 0 saturated carbocycles. The fourth-order valence-electron chi connectivity index (χ4n) is 3.55. The van der Waals surface area contributed by atoms with E-state index in [1.54, 1.807) is 22.8 Å². The van der Waals surface area contributed by atoms with Crippen LogP contribution in [0.15, 0.2) is 37.1 Å². The number of hydrogen-bond donors (Lipinski definition) is 1. The first-order valence-electron chi connectivity index (χ1n) is 8.44. The van der Waals surface area contributed by atoms with Crippen LogP contribution < -0.4 is 0 Å². The molecule has 0 bridgehead atoms. The minimum absolute atomic E-state index is 0.211. The molecule has 4 aromatic heterocycles. The van der Waals surface area contributed by atoms with Crippen molar-refractivity contribution in [1.29, 1.82) is 0 Å². The Labute approximate surface area is 158 Å². The van der Waals surface area contributed by atoms with Crippen LogP contribution in [0.4, 0.5) is 0 Å². The Morgan fingerprint density at radius 2 is 2.26 bits per heavy atom. The number of aryl methyl sites for hydroxylation is 1. The van der Waals surface area contributed by atoms with Gasteiger partial charge in [0.1, 0.15) is 12.4 Å². The standard InChI is InChI=1S/C17H15ClN8O/c1-24-16(21-9-22-24)17(27)25-6-4-11-14(20-8-19-11)15(25)12-7-13-10(18)3-2-5-26(13)23-12/h2-3,5,7-9,15H,4,6H2,1H3,(H,19,20). The van der Waals surface area contributed by atoms with Gasteiger partial charge in [0.25, 0.3) is 5.91 Å². The van der Waals surface area contributed by atoms with Crippen molar-refractivity contribution in [3.05, 3.63) is 65.0 Å². The molecular formula is C17H15ClN8O. The van der Waals surface area contributed by atoms with Crippen LogP contribution in [0.5, 0.6) is 0 Å². The van der Waals surface area contributed by atoms with Crippen LogP contribution in [0.2, 0.25) is 5.02 Å². The highest BCUT2D eigenvalue weighted by atomic mass is 35.5. The maximum atomic E-state index is 13.2. The summed E-state index contributed by atoms with van der Waals surface area (Å²) in [4.78, 5) is 26.7. The average Bonchev–Trinajstić information content (AvgIpc) is 3.39. The van der Waals surface area contributed by atoms with Gasteiger partial charge in [-0.1, -0.05) is 11.6 Å². The smallest absolute Gasteiger partial charge is 0.292 e. The highest BCUT2D eigenvalue weighted by molar-refractivity contribution is 6.33. The molecule has 0 radical (unpaired) electrons. The largest absolute Gasteiger partial charge is 0.348 e. The molecule has 1 aliphatic rings. The van der Waals surface area contributed by atoms with Crippen LogP contribution in [0.1, 0.15) is 33.7 Å². The lowest BCUT2D eigenvalue weighted by molar-refractivity contribution is 0.0669. The van der Waals surface area contributed by atoms with Gasteiger partial charge in [-0.2, -0.15) is 10.2 Å². The number of amides is 1. The molecule has 136 valence electrons. The van der Waals surface area contributed by atoms with Gasteiger partial charge in [-0.05, 0) is 18.2 Å². The fraction of sp³-hybridized carbons (Fsp3) is 0.235. The summed E-state index contributed by atoms with van der Waals surface area (Å²) in [6.45, 7) is 0.521. The van der Waals surface area contributed by atoms with Crippen molar-refractivity contribution in [2.24, 2.45) is 7.05 Å². The van der Waals surface area contributed by atoms with E-state index < -0.39 is 6.04 Å².